The summed E-state index contributed by atoms with van der Waals surface area (Å²) in [7, 11) is 0. The lowest BCUT2D eigenvalue weighted by Gasteiger charge is -2.26. The number of alkyl halides is 3. The highest BCUT2D eigenvalue weighted by molar-refractivity contribution is 7.13. The zero-order valence-electron chi connectivity index (χ0n) is 28.1. The van der Waals surface area contributed by atoms with Gasteiger partial charge in [0.25, 0.3) is 0 Å². The van der Waals surface area contributed by atoms with Crippen LogP contribution in [-0.4, -0.2) is 25.6 Å². The van der Waals surface area contributed by atoms with Gasteiger partial charge in [-0.1, -0.05) is 63.1 Å². The molecule has 2 aromatic carbocycles. The molecule has 3 rings (SSSR count). The van der Waals surface area contributed by atoms with Crippen LogP contribution in [0.25, 0.3) is 23.8 Å². The van der Waals surface area contributed by atoms with Gasteiger partial charge in [0.2, 0.25) is 0 Å². The lowest BCUT2D eigenvalue weighted by Crippen LogP contribution is -2.25. The minimum Gasteiger partial charge on any atom is -0.490 e. The maximum absolute atomic E-state index is 13.3. The number of hydrogen-bond donors (Lipinski definition) is 0. The molecule has 0 spiro atoms. The molecule has 6 nitrogen and oxygen atoms in total. The molecule has 0 saturated heterocycles. The van der Waals surface area contributed by atoms with Crippen LogP contribution in [0.2, 0.25) is 0 Å². The van der Waals surface area contributed by atoms with Crippen molar-refractivity contribution in [3.63, 3.8) is 0 Å². The number of ether oxygens (including phenoxy) is 2. The Morgan fingerprint density at radius 2 is 1.49 bits per heavy atom. The van der Waals surface area contributed by atoms with E-state index in [4.69, 9.17) is 4.74 Å². The minimum atomic E-state index is -5.24. The molecule has 0 saturated carbocycles. The monoisotopic (exact) mass is 684 g/mol. The van der Waals surface area contributed by atoms with Gasteiger partial charge in [-0.25, -0.2) is 0 Å². The summed E-state index contributed by atoms with van der Waals surface area (Å²) < 4.78 is 50.3. The predicted octanol–water partition coefficient (Wildman–Crippen LogP) is 10.9. The van der Waals surface area contributed by atoms with Crippen molar-refractivity contribution >= 4 is 40.8 Å². The Morgan fingerprint density at radius 1 is 0.857 bits per heavy atom. The predicted molar refractivity (Wildman–Crippen MR) is 191 cm³/mol. The van der Waals surface area contributed by atoms with E-state index < -0.39 is 23.3 Å². The summed E-state index contributed by atoms with van der Waals surface area (Å²) in [5, 5.41) is 28.7. The second-order valence-corrected chi connectivity index (χ2v) is 12.4. The number of halogens is 3. The normalized spacial score (nSPS) is 11.9. The van der Waals surface area contributed by atoms with Crippen molar-refractivity contribution in [1.29, 1.82) is 15.8 Å². The van der Waals surface area contributed by atoms with E-state index in [0.29, 0.717) is 5.56 Å². The van der Waals surface area contributed by atoms with Gasteiger partial charge in [0.05, 0.1) is 6.10 Å². The van der Waals surface area contributed by atoms with Gasteiger partial charge in [0, 0.05) is 45.7 Å². The van der Waals surface area contributed by atoms with Crippen LogP contribution in [0.5, 0.6) is 5.75 Å². The molecule has 0 aliphatic carbocycles. The molecule has 49 heavy (non-hydrogen) atoms. The number of anilines is 1. The second kappa shape index (κ2) is 18.9. The molecule has 0 fully saturated rings. The Kier molecular flexibility index (Phi) is 14.8. The first-order chi connectivity index (χ1) is 23.5. The van der Waals surface area contributed by atoms with Gasteiger partial charge in [-0.05, 0) is 74.7 Å². The summed E-state index contributed by atoms with van der Waals surface area (Å²) in [6.07, 6.45) is 6.31. The van der Waals surface area contributed by atoms with Crippen molar-refractivity contribution in [2.75, 3.05) is 18.0 Å². The third kappa shape index (κ3) is 11.7. The lowest BCUT2D eigenvalue weighted by molar-refractivity contribution is -0.303. The molecule has 10 heteroatoms. The van der Waals surface area contributed by atoms with E-state index in [1.807, 2.05) is 38.1 Å². The number of allylic oxidation sites excluding steroid dienone is 4. The van der Waals surface area contributed by atoms with E-state index >= 15 is 0 Å². The number of nitriles is 3. The fourth-order valence-electron chi connectivity index (χ4n) is 4.81. The molecule has 3 aromatic rings. The molecular formula is C39H39F3N4O2S. The van der Waals surface area contributed by atoms with Crippen molar-refractivity contribution in [3.8, 4) is 24.0 Å². The number of rotatable bonds is 16. The van der Waals surface area contributed by atoms with E-state index in [2.05, 4.69) is 41.7 Å². The highest BCUT2D eigenvalue weighted by Crippen LogP contribution is 2.34. The van der Waals surface area contributed by atoms with Gasteiger partial charge < -0.3 is 14.4 Å². The third-order valence-corrected chi connectivity index (χ3v) is 8.15. The zero-order valence-corrected chi connectivity index (χ0v) is 28.9. The Hall–Kier alpha value is -5.24. The summed E-state index contributed by atoms with van der Waals surface area (Å²) in [4.78, 5) is 4.08. The fourth-order valence-corrected chi connectivity index (χ4v) is 5.63. The molecule has 0 aliphatic heterocycles. The summed E-state index contributed by atoms with van der Waals surface area (Å²) >= 11 is 1.43. The van der Waals surface area contributed by atoms with Crippen molar-refractivity contribution in [2.24, 2.45) is 0 Å². The van der Waals surface area contributed by atoms with Crippen LogP contribution in [0.4, 0.5) is 18.9 Å². The number of thiophene rings is 1. The Bertz CT molecular complexity index is 1780. The first-order valence-electron chi connectivity index (χ1n) is 16.0. The van der Waals surface area contributed by atoms with Crippen molar-refractivity contribution in [3.05, 3.63) is 105 Å². The van der Waals surface area contributed by atoms with E-state index in [1.54, 1.807) is 42.5 Å². The van der Waals surface area contributed by atoms with Gasteiger partial charge in [0.15, 0.2) is 11.3 Å². The molecule has 0 N–H and O–H groups in total. The maximum Gasteiger partial charge on any atom is 0.573 e. The van der Waals surface area contributed by atoms with Gasteiger partial charge in [-0.3, -0.25) is 0 Å². The second-order valence-electron chi connectivity index (χ2n) is 11.2. The summed E-state index contributed by atoms with van der Waals surface area (Å²) in [6.45, 7) is 10.3. The largest absolute Gasteiger partial charge is 0.573 e. The van der Waals surface area contributed by atoms with E-state index in [0.717, 1.165) is 65.5 Å². The standard InChI is InChI=1S/C39H39F3N4O2S/c1-5-7-22-46(23-8-6-2)32-16-14-30(37(24-32)47-28(3)4)15-17-33-18-19-34(49-33)20-21-35(29-12-10-9-11-13-29)36(27-45)38(31(25-43)26-44)48-39(40,41)42/h9-21,24,28H,5-8,22-23H2,1-4H3/b17-15+,21-20+,36-35-. The number of unbranched alkanes of at least 4 members (excludes halogenated alkanes) is 2. The van der Waals surface area contributed by atoms with Crippen molar-refractivity contribution in [1.82, 2.24) is 0 Å². The van der Waals surface area contributed by atoms with E-state index in [9.17, 15) is 29.0 Å². The quantitative estimate of drug-likeness (QED) is 0.0847. The first kappa shape index (κ1) is 38.2. The Balaban J connectivity index is 2.00. The Labute approximate surface area is 290 Å². The van der Waals surface area contributed by atoms with Crippen LogP contribution >= 0.6 is 11.3 Å². The van der Waals surface area contributed by atoms with Crippen LogP contribution in [0.3, 0.4) is 0 Å². The highest BCUT2D eigenvalue weighted by atomic mass is 32.1. The molecule has 0 radical (unpaired) electrons. The summed E-state index contributed by atoms with van der Waals surface area (Å²) in [5.41, 5.74) is 0.943. The molecule has 0 amide bonds. The highest BCUT2D eigenvalue weighted by Gasteiger charge is 2.35. The fraction of sp³-hybridized carbons (Fsp3) is 0.308. The zero-order chi connectivity index (χ0) is 35.8. The van der Waals surface area contributed by atoms with Crippen LogP contribution in [0, 0.1) is 34.0 Å². The van der Waals surface area contributed by atoms with Gasteiger partial charge in [-0.15, -0.1) is 24.5 Å². The smallest absolute Gasteiger partial charge is 0.490 e. The van der Waals surface area contributed by atoms with Gasteiger partial charge in [0.1, 0.15) is 29.5 Å². The Morgan fingerprint density at radius 3 is 2.04 bits per heavy atom. The molecule has 0 unspecified atom stereocenters. The average molecular weight is 685 g/mol. The number of hydrogen-bond acceptors (Lipinski definition) is 7. The molecule has 0 atom stereocenters. The summed E-state index contributed by atoms with van der Waals surface area (Å²) in [6, 6.07) is 22.8. The molecular weight excluding hydrogens is 646 g/mol. The van der Waals surface area contributed by atoms with Gasteiger partial charge >= 0.3 is 6.36 Å². The average Bonchev–Trinajstić information content (AvgIpc) is 3.53. The number of benzene rings is 2. The molecule has 1 heterocycles. The van der Waals surface area contributed by atoms with E-state index in [1.165, 1.54) is 29.6 Å². The first-order valence-corrected chi connectivity index (χ1v) is 16.9. The van der Waals surface area contributed by atoms with Crippen molar-refractivity contribution < 1.29 is 22.6 Å². The molecule has 0 aliphatic rings. The lowest BCUT2D eigenvalue weighted by atomic mass is 9.97. The van der Waals surface area contributed by atoms with Crippen LogP contribution in [0.1, 0.15) is 74.3 Å². The topological polar surface area (TPSA) is 93.1 Å². The maximum atomic E-state index is 13.3. The van der Waals surface area contributed by atoms with E-state index in [-0.39, 0.29) is 11.7 Å². The van der Waals surface area contributed by atoms with Crippen LogP contribution in [0.15, 0.2) is 83.6 Å². The van der Waals surface area contributed by atoms with Crippen LogP contribution < -0.4 is 9.64 Å². The summed E-state index contributed by atoms with van der Waals surface area (Å²) in [5.74, 6) is -0.360. The van der Waals surface area contributed by atoms with Gasteiger partial charge in [-0.2, -0.15) is 15.8 Å². The van der Waals surface area contributed by atoms with Crippen LogP contribution in [-0.2, 0) is 4.74 Å². The molecule has 0 bridgehead atoms. The molecule has 254 valence electrons. The SMILES string of the molecule is CCCCN(CCCC)c1ccc(/C=C/c2ccc(/C=C/C(=C(\C#N)C(OC(F)(F)F)=C(C#N)C#N)c3ccccc3)s2)c(OC(C)C)c1. The number of nitrogens with zero attached hydrogens (tertiary/aromatic N) is 4. The van der Waals surface area contributed by atoms with Crippen molar-refractivity contribution in [2.45, 2.75) is 65.8 Å². The minimum absolute atomic E-state index is 0.0138. The molecule has 1 aromatic heterocycles. The third-order valence-electron chi connectivity index (χ3n) is 7.14.